The lowest BCUT2D eigenvalue weighted by molar-refractivity contribution is 0.0598. The smallest absolute Gasteiger partial charge is 0.338 e. The zero-order valence-corrected chi connectivity index (χ0v) is 12.1. The summed E-state index contributed by atoms with van der Waals surface area (Å²) in [4.78, 5) is 13.9. The van der Waals surface area contributed by atoms with Gasteiger partial charge in [0.15, 0.2) is 0 Å². The predicted octanol–water partition coefficient (Wildman–Crippen LogP) is 3.01. The Bertz CT molecular complexity index is 589. The first-order valence-corrected chi connectivity index (χ1v) is 6.49. The van der Waals surface area contributed by atoms with Crippen molar-refractivity contribution in [1.82, 2.24) is 4.90 Å². The fourth-order valence-electron chi connectivity index (χ4n) is 2.18. The number of carbonyl (C=O) groups excluding carboxylic acids is 1. The third-order valence-corrected chi connectivity index (χ3v) is 3.27. The molecule has 0 spiro atoms. The number of ether oxygens (including phenoxy) is 1. The molecule has 1 aromatic carbocycles. The summed E-state index contributed by atoms with van der Waals surface area (Å²) in [5, 5.41) is 0. The molecule has 0 fully saturated rings. The van der Waals surface area contributed by atoms with Crippen molar-refractivity contribution < 1.29 is 13.9 Å². The molecule has 0 saturated heterocycles. The number of nitrogens with zero attached hydrogens (tertiary/aromatic N) is 1. The van der Waals surface area contributed by atoms with Gasteiger partial charge in [0.05, 0.1) is 18.9 Å². The summed E-state index contributed by atoms with van der Waals surface area (Å²) in [6, 6.07) is 9.48. The van der Waals surface area contributed by atoms with Gasteiger partial charge in [-0.05, 0) is 31.7 Å². The van der Waals surface area contributed by atoms with Crippen LogP contribution < -0.4 is 0 Å². The van der Waals surface area contributed by atoms with E-state index in [0.717, 1.165) is 23.4 Å². The van der Waals surface area contributed by atoms with Crippen molar-refractivity contribution >= 4 is 5.97 Å². The average Bonchev–Trinajstić information content (AvgIpc) is 2.84. The van der Waals surface area contributed by atoms with Gasteiger partial charge in [-0.1, -0.05) is 18.2 Å². The number of rotatable bonds is 5. The molecule has 106 valence electrons. The van der Waals surface area contributed by atoms with E-state index in [4.69, 9.17) is 9.15 Å². The number of furan rings is 1. The van der Waals surface area contributed by atoms with E-state index < -0.39 is 0 Å². The average molecular weight is 273 g/mol. The number of carbonyl (C=O) groups is 1. The van der Waals surface area contributed by atoms with Gasteiger partial charge in [-0.2, -0.15) is 0 Å². The molecule has 2 aromatic rings. The Hall–Kier alpha value is -2.07. The number of hydrogen-bond donors (Lipinski definition) is 0. The van der Waals surface area contributed by atoms with Crippen molar-refractivity contribution in [2.24, 2.45) is 0 Å². The van der Waals surface area contributed by atoms with Crippen molar-refractivity contribution in [3.05, 3.63) is 59.0 Å². The third-order valence-electron chi connectivity index (χ3n) is 3.27. The highest BCUT2D eigenvalue weighted by atomic mass is 16.5. The number of aryl methyl sites for hydroxylation is 1. The second-order valence-corrected chi connectivity index (χ2v) is 4.82. The minimum Gasteiger partial charge on any atom is -0.469 e. The lowest BCUT2D eigenvalue weighted by Crippen LogP contribution is -2.19. The number of hydrogen-bond acceptors (Lipinski definition) is 4. The molecule has 0 N–H and O–H groups in total. The van der Waals surface area contributed by atoms with Gasteiger partial charge >= 0.3 is 5.97 Å². The highest BCUT2D eigenvalue weighted by Crippen LogP contribution is 2.16. The molecule has 1 aromatic heterocycles. The molecule has 0 radical (unpaired) electrons. The Morgan fingerprint density at radius 1 is 1.20 bits per heavy atom. The highest BCUT2D eigenvalue weighted by Gasteiger charge is 2.13. The van der Waals surface area contributed by atoms with Crippen LogP contribution in [0.4, 0.5) is 0 Å². The van der Waals surface area contributed by atoms with E-state index in [1.165, 1.54) is 7.11 Å². The molecular weight excluding hydrogens is 254 g/mol. The topological polar surface area (TPSA) is 42.7 Å². The van der Waals surface area contributed by atoms with Gasteiger partial charge in [-0.3, -0.25) is 4.90 Å². The van der Waals surface area contributed by atoms with Crippen molar-refractivity contribution in [1.29, 1.82) is 0 Å². The molecule has 0 atom stereocenters. The van der Waals surface area contributed by atoms with Crippen molar-refractivity contribution in [2.75, 3.05) is 14.2 Å². The molecule has 0 amide bonds. The molecule has 0 aliphatic rings. The zero-order valence-electron chi connectivity index (χ0n) is 12.1. The summed E-state index contributed by atoms with van der Waals surface area (Å²) < 4.78 is 10.1. The largest absolute Gasteiger partial charge is 0.469 e. The summed E-state index contributed by atoms with van der Waals surface area (Å²) in [7, 11) is 3.41. The molecule has 4 heteroatoms. The lowest BCUT2D eigenvalue weighted by atomic mass is 10.1. The third kappa shape index (κ3) is 3.27. The zero-order chi connectivity index (χ0) is 14.5. The second kappa shape index (κ2) is 6.39. The molecule has 2 rings (SSSR count). The first-order valence-electron chi connectivity index (χ1n) is 6.49. The van der Waals surface area contributed by atoms with Crippen LogP contribution in [0.2, 0.25) is 0 Å². The van der Waals surface area contributed by atoms with Gasteiger partial charge in [0.2, 0.25) is 0 Å². The van der Waals surface area contributed by atoms with Crippen LogP contribution in [0.15, 0.2) is 41.0 Å². The summed E-state index contributed by atoms with van der Waals surface area (Å²) in [5.74, 6) is 0.631. The first kappa shape index (κ1) is 14.3. The molecule has 0 unspecified atom stereocenters. The normalized spacial score (nSPS) is 10.8. The van der Waals surface area contributed by atoms with Crippen molar-refractivity contribution in [3.8, 4) is 0 Å². The van der Waals surface area contributed by atoms with Gasteiger partial charge in [0.1, 0.15) is 5.76 Å². The SMILES string of the molecule is COC(=O)c1ccccc1CN(C)Cc1ccoc1C. The van der Waals surface area contributed by atoms with E-state index in [-0.39, 0.29) is 5.97 Å². The maximum atomic E-state index is 11.7. The predicted molar refractivity (Wildman–Crippen MR) is 76.4 cm³/mol. The van der Waals surface area contributed by atoms with E-state index in [9.17, 15) is 4.79 Å². The Morgan fingerprint density at radius 3 is 2.55 bits per heavy atom. The molecule has 1 heterocycles. The Morgan fingerprint density at radius 2 is 1.90 bits per heavy atom. The lowest BCUT2D eigenvalue weighted by Gasteiger charge is -2.18. The van der Waals surface area contributed by atoms with E-state index >= 15 is 0 Å². The quantitative estimate of drug-likeness (QED) is 0.785. The van der Waals surface area contributed by atoms with Crippen molar-refractivity contribution in [3.63, 3.8) is 0 Å². The molecule has 0 aliphatic carbocycles. The highest BCUT2D eigenvalue weighted by molar-refractivity contribution is 5.90. The maximum Gasteiger partial charge on any atom is 0.338 e. The minimum absolute atomic E-state index is 0.298. The van der Waals surface area contributed by atoms with Crippen LogP contribution in [-0.4, -0.2) is 25.0 Å². The molecular formula is C16H19NO3. The van der Waals surface area contributed by atoms with E-state index in [2.05, 4.69) is 4.90 Å². The van der Waals surface area contributed by atoms with Crippen LogP contribution in [0, 0.1) is 6.92 Å². The summed E-state index contributed by atoms with van der Waals surface area (Å²) >= 11 is 0. The van der Waals surface area contributed by atoms with Gasteiger partial charge in [0.25, 0.3) is 0 Å². The van der Waals surface area contributed by atoms with Crippen molar-refractivity contribution in [2.45, 2.75) is 20.0 Å². The van der Waals surface area contributed by atoms with Crippen LogP contribution in [0.5, 0.6) is 0 Å². The van der Waals surface area contributed by atoms with E-state index in [0.29, 0.717) is 12.1 Å². The van der Waals surface area contributed by atoms with Crippen LogP contribution in [0.25, 0.3) is 0 Å². The van der Waals surface area contributed by atoms with Gasteiger partial charge in [-0.15, -0.1) is 0 Å². The standard InChI is InChI=1S/C16H19NO3/c1-12-13(8-9-20-12)10-17(2)11-14-6-4-5-7-15(14)16(18)19-3/h4-9H,10-11H2,1-3H3. The fourth-order valence-corrected chi connectivity index (χ4v) is 2.18. The minimum atomic E-state index is -0.298. The molecule has 0 bridgehead atoms. The molecule has 0 saturated carbocycles. The first-order chi connectivity index (χ1) is 9.61. The van der Waals surface area contributed by atoms with Crippen LogP contribution in [0.3, 0.4) is 0 Å². The fraction of sp³-hybridized carbons (Fsp3) is 0.312. The number of methoxy groups -OCH3 is 1. The maximum absolute atomic E-state index is 11.7. The Kier molecular flexibility index (Phi) is 4.58. The molecule has 0 aliphatic heterocycles. The molecule has 4 nitrogen and oxygen atoms in total. The summed E-state index contributed by atoms with van der Waals surface area (Å²) in [6.45, 7) is 3.40. The monoisotopic (exact) mass is 273 g/mol. The van der Waals surface area contributed by atoms with Gasteiger partial charge < -0.3 is 9.15 Å². The summed E-state index contributed by atoms with van der Waals surface area (Å²) in [6.07, 6.45) is 1.70. The van der Waals surface area contributed by atoms with Crippen LogP contribution in [0.1, 0.15) is 27.2 Å². The number of benzene rings is 1. The van der Waals surface area contributed by atoms with E-state index in [1.807, 2.05) is 38.2 Å². The van der Waals surface area contributed by atoms with Gasteiger partial charge in [-0.25, -0.2) is 4.79 Å². The number of esters is 1. The van der Waals surface area contributed by atoms with Gasteiger partial charge in [0, 0.05) is 18.7 Å². The molecule has 20 heavy (non-hydrogen) atoms. The Balaban J connectivity index is 2.10. The second-order valence-electron chi connectivity index (χ2n) is 4.82. The Labute approximate surface area is 119 Å². The van der Waals surface area contributed by atoms with Crippen LogP contribution in [-0.2, 0) is 17.8 Å². The summed E-state index contributed by atoms with van der Waals surface area (Å²) in [5.41, 5.74) is 2.73. The van der Waals surface area contributed by atoms with E-state index in [1.54, 1.807) is 12.3 Å². The van der Waals surface area contributed by atoms with Crippen LogP contribution >= 0.6 is 0 Å².